The molecule has 0 saturated carbocycles. The van der Waals surface area contributed by atoms with E-state index in [0.29, 0.717) is 11.8 Å². The number of rotatable bonds is 4. The third-order valence-electron chi connectivity index (χ3n) is 3.31. The summed E-state index contributed by atoms with van der Waals surface area (Å²) in [6.45, 7) is 12.6. The molecule has 0 fully saturated rings. The van der Waals surface area contributed by atoms with E-state index >= 15 is 0 Å². The molecule has 0 heterocycles. The van der Waals surface area contributed by atoms with E-state index in [-0.39, 0.29) is 0 Å². The fraction of sp³-hybridized carbons (Fsp3) is 0.600. The van der Waals surface area contributed by atoms with Crippen LogP contribution >= 0.6 is 0 Å². The Bertz CT molecular complexity index is 440. The van der Waals surface area contributed by atoms with Gasteiger partial charge in [-0.25, -0.2) is 0 Å². The highest BCUT2D eigenvalue weighted by atomic mass is 15.2. The molecule has 0 radical (unpaired) electrons. The molecule has 18 heavy (non-hydrogen) atoms. The largest absolute Gasteiger partial charge is 0.0831 e. The Labute approximate surface area is 110 Å². The number of hydrogen-bond acceptors (Lipinski definition) is 1. The van der Waals surface area contributed by atoms with Crippen LogP contribution in [-0.4, -0.2) is 0 Å². The summed E-state index contributed by atoms with van der Waals surface area (Å²) < 4.78 is 0. The summed E-state index contributed by atoms with van der Waals surface area (Å²) in [5.41, 5.74) is 11.9. The highest BCUT2D eigenvalue weighted by Crippen LogP contribution is 2.31. The van der Waals surface area contributed by atoms with E-state index in [2.05, 4.69) is 55.9 Å². The normalized spacial score (nSPS) is 11.8. The van der Waals surface area contributed by atoms with Gasteiger partial charge >= 0.3 is 0 Å². The Kier molecular flexibility index (Phi) is 4.42. The Morgan fingerprint density at radius 3 is 1.78 bits per heavy atom. The van der Waals surface area contributed by atoms with Gasteiger partial charge in [0.2, 0.25) is 0 Å². The SMILES string of the molecule is CC(C)c1cc(C(C)C)cc(C(C)(C)N=[N+]=[N-])c1. The molecule has 3 heteroatoms. The number of nitrogens with zero attached hydrogens (tertiary/aromatic N) is 3. The lowest BCUT2D eigenvalue weighted by Crippen LogP contribution is -2.14. The quantitative estimate of drug-likeness (QED) is 0.383. The van der Waals surface area contributed by atoms with Crippen molar-refractivity contribution in [1.29, 1.82) is 0 Å². The van der Waals surface area contributed by atoms with Crippen molar-refractivity contribution in [2.75, 3.05) is 0 Å². The zero-order valence-electron chi connectivity index (χ0n) is 12.2. The first kappa shape index (κ1) is 14.6. The van der Waals surface area contributed by atoms with Crippen molar-refractivity contribution in [3.8, 4) is 0 Å². The molecule has 0 spiro atoms. The first-order chi connectivity index (χ1) is 8.27. The first-order valence-electron chi connectivity index (χ1n) is 6.49. The molecule has 0 aliphatic carbocycles. The Balaban J connectivity index is 3.40. The van der Waals surface area contributed by atoms with Crippen LogP contribution in [0.15, 0.2) is 23.3 Å². The van der Waals surface area contributed by atoms with Gasteiger partial charge in [0, 0.05) is 4.91 Å². The second kappa shape index (κ2) is 5.45. The number of hydrogen-bond donors (Lipinski definition) is 0. The predicted molar refractivity (Wildman–Crippen MR) is 76.8 cm³/mol. The van der Waals surface area contributed by atoms with Crippen molar-refractivity contribution in [2.24, 2.45) is 5.11 Å². The summed E-state index contributed by atoms with van der Waals surface area (Å²) in [4.78, 5) is 2.96. The van der Waals surface area contributed by atoms with Crippen molar-refractivity contribution < 1.29 is 0 Å². The fourth-order valence-corrected chi connectivity index (χ4v) is 1.87. The van der Waals surface area contributed by atoms with Gasteiger partial charge in [-0.15, -0.1) is 0 Å². The van der Waals surface area contributed by atoms with Gasteiger partial charge in [-0.1, -0.05) is 64.9 Å². The summed E-state index contributed by atoms with van der Waals surface area (Å²) in [7, 11) is 0. The number of azide groups is 1. The van der Waals surface area contributed by atoms with Crippen molar-refractivity contribution in [1.82, 2.24) is 0 Å². The molecule has 0 unspecified atom stereocenters. The van der Waals surface area contributed by atoms with Crippen molar-refractivity contribution in [2.45, 2.75) is 58.9 Å². The second-order valence-corrected chi connectivity index (χ2v) is 5.95. The lowest BCUT2D eigenvalue weighted by molar-refractivity contribution is 0.547. The maximum absolute atomic E-state index is 8.68. The molecule has 0 amide bonds. The zero-order chi connectivity index (χ0) is 13.9. The van der Waals surface area contributed by atoms with Gasteiger partial charge in [0.15, 0.2) is 0 Å². The number of benzene rings is 1. The molecule has 0 bridgehead atoms. The minimum Gasteiger partial charge on any atom is -0.0831 e. The highest BCUT2D eigenvalue weighted by molar-refractivity contribution is 5.37. The van der Waals surface area contributed by atoms with Gasteiger partial charge in [-0.2, -0.15) is 0 Å². The summed E-state index contributed by atoms with van der Waals surface area (Å²) in [5.74, 6) is 0.952. The Morgan fingerprint density at radius 2 is 1.44 bits per heavy atom. The van der Waals surface area contributed by atoms with Crippen LogP contribution in [0.25, 0.3) is 10.4 Å². The van der Waals surface area contributed by atoms with Gasteiger partial charge in [0.25, 0.3) is 0 Å². The molecule has 0 N–H and O–H groups in total. The molecule has 1 aromatic carbocycles. The van der Waals surface area contributed by atoms with Crippen LogP contribution in [0.2, 0.25) is 0 Å². The lowest BCUT2D eigenvalue weighted by atomic mass is 9.87. The molecule has 98 valence electrons. The fourth-order valence-electron chi connectivity index (χ4n) is 1.87. The average molecular weight is 245 g/mol. The smallest absolute Gasteiger partial charge is 0.0681 e. The maximum atomic E-state index is 8.68. The van der Waals surface area contributed by atoms with Gasteiger partial charge in [-0.05, 0) is 34.1 Å². The molecular formula is C15H23N3. The second-order valence-electron chi connectivity index (χ2n) is 5.95. The maximum Gasteiger partial charge on any atom is 0.0681 e. The average Bonchev–Trinajstić information content (AvgIpc) is 2.28. The molecule has 1 rings (SSSR count). The van der Waals surface area contributed by atoms with Crippen molar-refractivity contribution in [3.63, 3.8) is 0 Å². The third-order valence-corrected chi connectivity index (χ3v) is 3.31. The van der Waals surface area contributed by atoms with E-state index in [1.54, 1.807) is 0 Å². The van der Waals surface area contributed by atoms with E-state index in [4.69, 9.17) is 5.53 Å². The molecular weight excluding hydrogens is 222 g/mol. The predicted octanol–water partition coefficient (Wildman–Crippen LogP) is 5.48. The molecule has 3 nitrogen and oxygen atoms in total. The van der Waals surface area contributed by atoms with Crippen LogP contribution < -0.4 is 0 Å². The summed E-state index contributed by atoms with van der Waals surface area (Å²) in [6, 6.07) is 6.57. The van der Waals surface area contributed by atoms with Crippen molar-refractivity contribution in [3.05, 3.63) is 45.3 Å². The molecule has 0 aromatic heterocycles. The van der Waals surface area contributed by atoms with Gasteiger partial charge in [0.1, 0.15) is 0 Å². The minimum atomic E-state index is -0.497. The molecule has 0 aliphatic heterocycles. The zero-order valence-corrected chi connectivity index (χ0v) is 12.2. The van der Waals surface area contributed by atoms with E-state index in [1.807, 2.05) is 13.8 Å². The van der Waals surface area contributed by atoms with Gasteiger partial charge in [0.05, 0.1) is 5.54 Å². The lowest BCUT2D eigenvalue weighted by Gasteiger charge is -2.22. The standard InChI is InChI=1S/C15H23N3/c1-10(2)12-7-13(11(3)4)9-14(8-12)15(5,6)17-18-16/h7-11H,1-6H3. The Hall–Kier alpha value is -1.47. The topological polar surface area (TPSA) is 48.8 Å². The van der Waals surface area contributed by atoms with Crippen molar-refractivity contribution >= 4 is 0 Å². The van der Waals surface area contributed by atoms with Crippen LogP contribution in [0.1, 0.15) is 70.1 Å². The van der Waals surface area contributed by atoms with E-state index in [9.17, 15) is 0 Å². The van der Waals surface area contributed by atoms with Crippen LogP contribution in [0, 0.1) is 0 Å². The monoisotopic (exact) mass is 245 g/mol. The highest BCUT2D eigenvalue weighted by Gasteiger charge is 2.20. The van der Waals surface area contributed by atoms with Crippen LogP contribution in [0.5, 0.6) is 0 Å². The molecule has 0 saturated heterocycles. The van der Waals surface area contributed by atoms with Gasteiger partial charge in [-0.3, -0.25) is 0 Å². The summed E-state index contributed by atoms with van der Waals surface area (Å²) in [5, 5.41) is 3.91. The first-order valence-corrected chi connectivity index (χ1v) is 6.49. The Morgan fingerprint density at radius 1 is 1.00 bits per heavy atom. The van der Waals surface area contributed by atoms with E-state index < -0.39 is 5.54 Å². The van der Waals surface area contributed by atoms with E-state index in [1.165, 1.54) is 11.1 Å². The van der Waals surface area contributed by atoms with Crippen LogP contribution in [-0.2, 0) is 5.54 Å². The minimum absolute atomic E-state index is 0.476. The van der Waals surface area contributed by atoms with Crippen LogP contribution in [0.3, 0.4) is 0 Å². The van der Waals surface area contributed by atoms with Gasteiger partial charge < -0.3 is 0 Å². The molecule has 0 aliphatic rings. The van der Waals surface area contributed by atoms with E-state index in [0.717, 1.165) is 5.56 Å². The molecule has 1 aromatic rings. The van der Waals surface area contributed by atoms with Crippen LogP contribution in [0.4, 0.5) is 0 Å². The summed E-state index contributed by atoms with van der Waals surface area (Å²) in [6.07, 6.45) is 0. The third kappa shape index (κ3) is 3.27. The molecule has 0 atom stereocenters. The summed E-state index contributed by atoms with van der Waals surface area (Å²) >= 11 is 0.